The predicted octanol–water partition coefficient (Wildman–Crippen LogP) is 2.00. The fourth-order valence-corrected chi connectivity index (χ4v) is 4.89. The van der Waals surface area contributed by atoms with Crippen LogP contribution in [0.4, 0.5) is 0 Å². The second-order valence-corrected chi connectivity index (χ2v) is 7.87. The molecule has 2 N–H and O–H groups in total. The normalized spacial score (nSPS) is 25.7. The van der Waals surface area contributed by atoms with Gasteiger partial charge in [0, 0.05) is 42.8 Å². The van der Waals surface area contributed by atoms with Gasteiger partial charge in [-0.15, -0.1) is 0 Å². The third kappa shape index (κ3) is 2.64. The minimum atomic E-state index is 0.234. The Morgan fingerprint density at radius 1 is 1.31 bits per heavy atom. The van der Waals surface area contributed by atoms with Gasteiger partial charge < -0.3 is 19.9 Å². The number of likely N-dealkylation sites (N-methyl/N-ethyl adjacent to an activating group) is 1. The molecule has 1 fully saturated rings. The fourth-order valence-electron chi connectivity index (χ4n) is 4.56. The summed E-state index contributed by atoms with van der Waals surface area (Å²) in [5, 5.41) is 5.81. The first kappa shape index (κ1) is 16.3. The van der Waals surface area contributed by atoms with Crippen molar-refractivity contribution in [1.29, 1.82) is 0 Å². The van der Waals surface area contributed by atoms with E-state index >= 15 is 0 Å². The Kier molecular flexibility index (Phi) is 3.99. The van der Waals surface area contributed by atoms with E-state index in [-0.39, 0.29) is 6.04 Å². The maximum atomic E-state index is 5.66. The van der Waals surface area contributed by atoms with Gasteiger partial charge in [0.05, 0.1) is 19.3 Å². The third-order valence-corrected chi connectivity index (χ3v) is 6.25. The van der Waals surface area contributed by atoms with Crippen molar-refractivity contribution in [2.75, 3.05) is 39.9 Å². The predicted molar refractivity (Wildman–Crippen MR) is 108 cm³/mol. The van der Waals surface area contributed by atoms with E-state index in [9.17, 15) is 0 Å². The number of aromatic nitrogens is 1. The smallest absolute Gasteiger partial charge is 0.169 e. The molecule has 2 atom stereocenters. The van der Waals surface area contributed by atoms with Crippen LogP contribution < -0.4 is 5.32 Å². The quantitative estimate of drug-likeness (QED) is 0.754. The van der Waals surface area contributed by atoms with Crippen LogP contribution in [-0.4, -0.2) is 71.9 Å². The Morgan fingerprint density at radius 3 is 3.00 bits per heavy atom. The monoisotopic (exact) mass is 368 g/mol. The first-order valence-electron chi connectivity index (χ1n) is 9.35. The Balaban J connectivity index is 1.45. The Morgan fingerprint density at radius 2 is 2.15 bits per heavy atom. The average molecular weight is 369 g/mol. The number of aromatic amines is 1. The molecule has 5 nitrogen and oxygen atoms in total. The first-order chi connectivity index (χ1) is 12.7. The number of thiocarbonyl (C=S) groups is 1. The van der Waals surface area contributed by atoms with Crippen LogP contribution >= 0.6 is 12.2 Å². The maximum absolute atomic E-state index is 5.66. The van der Waals surface area contributed by atoms with Crippen molar-refractivity contribution >= 4 is 33.8 Å². The molecule has 0 amide bonds. The van der Waals surface area contributed by atoms with Crippen molar-refractivity contribution in [1.82, 2.24) is 20.1 Å². The van der Waals surface area contributed by atoms with E-state index in [2.05, 4.69) is 57.6 Å². The lowest BCUT2D eigenvalue weighted by molar-refractivity contribution is 0.0673. The molecule has 6 heteroatoms. The van der Waals surface area contributed by atoms with Crippen LogP contribution in [0.2, 0.25) is 0 Å². The van der Waals surface area contributed by atoms with E-state index in [4.69, 9.17) is 17.0 Å². The lowest BCUT2D eigenvalue weighted by Gasteiger charge is -2.41. The minimum Gasteiger partial charge on any atom is -0.378 e. The number of hydrogen-bond acceptors (Lipinski definition) is 3. The van der Waals surface area contributed by atoms with Crippen molar-refractivity contribution < 1.29 is 4.74 Å². The van der Waals surface area contributed by atoms with E-state index < -0.39 is 0 Å². The molecule has 0 spiro atoms. The van der Waals surface area contributed by atoms with Gasteiger partial charge in [-0.25, -0.2) is 0 Å². The van der Waals surface area contributed by atoms with Crippen LogP contribution in [0.3, 0.4) is 0 Å². The minimum absolute atomic E-state index is 0.234. The summed E-state index contributed by atoms with van der Waals surface area (Å²) in [5.41, 5.74) is 5.46. The Bertz CT molecular complexity index is 883. The summed E-state index contributed by atoms with van der Waals surface area (Å²) in [5.74, 6) is 0. The lowest BCUT2D eigenvalue weighted by atomic mass is 9.81. The van der Waals surface area contributed by atoms with Crippen LogP contribution in [0, 0.1) is 0 Å². The molecule has 0 bridgehead atoms. The number of rotatable bonds is 1. The van der Waals surface area contributed by atoms with Gasteiger partial charge >= 0.3 is 0 Å². The van der Waals surface area contributed by atoms with Crippen molar-refractivity contribution in [2.24, 2.45) is 0 Å². The highest BCUT2D eigenvalue weighted by Crippen LogP contribution is 2.39. The summed E-state index contributed by atoms with van der Waals surface area (Å²) in [6.07, 6.45) is 5.65. The van der Waals surface area contributed by atoms with Gasteiger partial charge in [-0.3, -0.25) is 4.90 Å². The number of H-pyrrole nitrogens is 1. The zero-order valence-electron chi connectivity index (χ0n) is 15.0. The van der Waals surface area contributed by atoms with E-state index in [1.54, 1.807) is 0 Å². The van der Waals surface area contributed by atoms with Gasteiger partial charge in [0.2, 0.25) is 0 Å². The van der Waals surface area contributed by atoms with Gasteiger partial charge in [-0.1, -0.05) is 18.2 Å². The lowest BCUT2D eigenvalue weighted by Crippen LogP contribution is -2.54. The van der Waals surface area contributed by atoms with E-state index in [1.807, 2.05) is 0 Å². The van der Waals surface area contributed by atoms with Gasteiger partial charge in [0.1, 0.15) is 0 Å². The van der Waals surface area contributed by atoms with Crippen LogP contribution in [0.25, 0.3) is 16.5 Å². The molecule has 0 unspecified atom stereocenters. The SMILES string of the molecule is CN1C[C@@H](NC(=S)N2CCOCC2)C=C2c3cccc4[nH]cc(c34)C[C@H]21. The molecular formula is C20H24N4OS. The summed E-state index contributed by atoms with van der Waals surface area (Å²) in [7, 11) is 2.22. The van der Waals surface area contributed by atoms with Crippen LogP contribution in [0.5, 0.6) is 0 Å². The number of morpholine rings is 1. The zero-order valence-corrected chi connectivity index (χ0v) is 15.8. The van der Waals surface area contributed by atoms with E-state index in [0.717, 1.165) is 44.4 Å². The standard InChI is InChI=1S/C20H24N4OS/c1-23-12-14(22-20(26)24-5-7-25-8-6-24)10-16-15-3-2-4-17-19(15)13(11-21-17)9-18(16)23/h2-4,10-11,14,18,21H,5-9,12H2,1H3,(H,22,26)/t14-,18+/m0/s1. The molecule has 1 aromatic heterocycles. The molecule has 1 aliphatic carbocycles. The van der Waals surface area contributed by atoms with Crippen LogP contribution in [0.1, 0.15) is 11.1 Å². The van der Waals surface area contributed by atoms with Crippen molar-refractivity contribution in [3.05, 3.63) is 41.6 Å². The molecule has 2 aromatic rings. The van der Waals surface area contributed by atoms with Gasteiger partial charge in [0.15, 0.2) is 5.11 Å². The highest BCUT2D eigenvalue weighted by Gasteiger charge is 2.34. The summed E-state index contributed by atoms with van der Waals surface area (Å²) >= 11 is 5.66. The molecule has 26 heavy (non-hydrogen) atoms. The third-order valence-electron chi connectivity index (χ3n) is 5.88. The van der Waals surface area contributed by atoms with Crippen LogP contribution in [0.15, 0.2) is 30.5 Å². The number of hydrogen-bond donors (Lipinski definition) is 2. The average Bonchev–Trinajstić information content (AvgIpc) is 3.08. The molecule has 1 saturated heterocycles. The molecule has 3 heterocycles. The molecule has 0 radical (unpaired) electrons. The number of nitrogens with zero attached hydrogens (tertiary/aromatic N) is 2. The van der Waals surface area contributed by atoms with Gasteiger partial charge in [-0.05, 0) is 48.5 Å². The molecule has 136 valence electrons. The number of fused-ring (bicyclic) bond motifs is 2. The Hall–Kier alpha value is -1.89. The number of benzene rings is 1. The largest absolute Gasteiger partial charge is 0.378 e. The topological polar surface area (TPSA) is 43.5 Å². The highest BCUT2D eigenvalue weighted by atomic mass is 32.1. The fraction of sp³-hybridized carbons (Fsp3) is 0.450. The van der Waals surface area contributed by atoms with E-state index in [1.165, 1.54) is 27.6 Å². The number of ether oxygens (including phenoxy) is 1. The summed E-state index contributed by atoms with van der Waals surface area (Å²) < 4.78 is 5.43. The van der Waals surface area contributed by atoms with Crippen molar-refractivity contribution in [3.8, 4) is 0 Å². The molecule has 1 aromatic carbocycles. The van der Waals surface area contributed by atoms with Gasteiger partial charge in [0.25, 0.3) is 0 Å². The second kappa shape index (κ2) is 6.37. The highest BCUT2D eigenvalue weighted by molar-refractivity contribution is 7.80. The molecule has 2 aliphatic heterocycles. The molecular weight excluding hydrogens is 344 g/mol. The zero-order chi connectivity index (χ0) is 17.7. The molecule has 0 saturated carbocycles. The first-order valence-corrected chi connectivity index (χ1v) is 9.76. The molecule has 5 rings (SSSR count). The van der Waals surface area contributed by atoms with Crippen molar-refractivity contribution in [3.63, 3.8) is 0 Å². The van der Waals surface area contributed by atoms with Crippen LogP contribution in [-0.2, 0) is 11.2 Å². The summed E-state index contributed by atoms with van der Waals surface area (Å²) in [6.45, 7) is 4.23. The second-order valence-electron chi connectivity index (χ2n) is 7.48. The maximum Gasteiger partial charge on any atom is 0.169 e. The molecule has 3 aliphatic rings. The van der Waals surface area contributed by atoms with E-state index in [0.29, 0.717) is 6.04 Å². The summed E-state index contributed by atoms with van der Waals surface area (Å²) in [4.78, 5) is 8.11. The van der Waals surface area contributed by atoms with Crippen molar-refractivity contribution in [2.45, 2.75) is 18.5 Å². The van der Waals surface area contributed by atoms with Gasteiger partial charge in [-0.2, -0.15) is 0 Å². The number of nitrogens with one attached hydrogen (secondary N) is 2. The Labute approximate surface area is 159 Å². The summed E-state index contributed by atoms with van der Waals surface area (Å²) in [6, 6.07) is 7.25.